The van der Waals surface area contributed by atoms with E-state index in [9.17, 15) is 19.7 Å². The van der Waals surface area contributed by atoms with Crippen LogP contribution in [-0.2, 0) is 14.3 Å². The topological polar surface area (TPSA) is 111 Å². The van der Waals surface area contributed by atoms with Crippen molar-refractivity contribution < 1.29 is 24.0 Å². The number of likely N-dealkylation sites (tertiary alicyclic amines) is 1. The van der Waals surface area contributed by atoms with Gasteiger partial charge in [-0.2, -0.15) is 0 Å². The Morgan fingerprint density at radius 2 is 1.93 bits per heavy atom. The van der Waals surface area contributed by atoms with Gasteiger partial charge in [-0.05, 0) is 25.0 Å². The maximum Gasteiger partial charge on any atom is 0.338 e. The lowest BCUT2D eigenvalue weighted by molar-refractivity contribution is -0.384. The van der Waals surface area contributed by atoms with Crippen molar-refractivity contribution in [3.8, 4) is 0 Å². The Morgan fingerprint density at radius 1 is 1.22 bits per heavy atom. The van der Waals surface area contributed by atoms with E-state index in [4.69, 9.17) is 9.47 Å². The lowest BCUT2D eigenvalue weighted by Gasteiger charge is -2.19. The molecule has 0 saturated carbocycles. The number of rotatable bonds is 8. The van der Waals surface area contributed by atoms with Crippen LogP contribution in [0.2, 0.25) is 0 Å². The molecular formula is C18H25N3O6. The molecule has 0 atom stereocenters. The molecule has 0 aromatic heterocycles. The third-order valence-corrected chi connectivity index (χ3v) is 4.34. The van der Waals surface area contributed by atoms with E-state index in [-0.39, 0.29) is 29.5 Å². The van der Waals surface area contributed by atoms with E-state index < -0.39 is 10.9 Å². The normalized spacial score (nSPS) is 14.3. The molecule has 1 aliphatic rings. The van der Waals surface area contributed by atoms with E-state index in [2.05, 4.69) is 5.32 Å². The first kappa shape index (κ1) is 20.6. The average molecular weight is 379 g/mol. The third-order valence-electron chi connectivity index (χ3n) is 4.34. The van der Waals surface area contributed by atoms with Gasteiger partial charge in [0.2, 0.25) is 0 Å². The van der Waals surface area contributed by atoms with Crippen molar-refractivity contribution >= 4 is 23.3 Å². The van der Waals surface area contributed by atoms with Crippen molar-refractivity contribution in [2.24, 2.45) is 0 Å². The minimum atomic E-state index is -0.760. The van der Waals surface area contributed by atoms with Gasteiger partial charge in [0.1, 0.15) is 5.69 Å². The Hall–Kier alpha value is -2.68. The van der Waals surface area contributed by atoms with Crippen LogP contribution in [0.15, 0.2) is 18.2 Å². The number of amides is 1. The average Bonchev–Trinajstić information content (AvgIpc) is 2.95. The Labute approximate surface area is 157 Å². The zero-order valence-corrected chi connectivity index (χ0v) is 15.4. The summed E-state index contributed by atoms with van der Waals surface area (Å²) in [4.78, 5) is 36.8. The van der Waals surface area contributed by atoms with Gasteiger partial charge < -0.3 is 19.7 Å². The van der Waals surface area contributed by atoms with E-state index in [1.165, 1.54) is 19.2 Å². The SMILES string of the molecule is COCCNc1ccc(C(=O)OCC(=O)N2CCCCCC2)cc1[N+](=O)[O-]. The molecule has 0 aliphatic carbocycles. The Balaban J connectivity index is 1.97. The van der Waals surface area contributed by atoms with Gasteiger partial charge in [-0.15, -0.1) is 0 Å². The fourth-order valence-corrected chi connectivity index (χ4v) is 2.87. The molecule has 9 nitrogen and oxygen atoms in total. The van der Waals surface area contributed by atoms with Crippen LogP contribution in [0.4, 0.5) is 11.4 Å². The molecule has 1 aliphatic heterocycles. The van der Waals surface area contributed by atoms with Gasteiger partial charge in [-0.3, -0.25) is 14.9 Å². The quantitative estimate of drug-likeness (QED) is 0.319. The van der Waals surface area contributed by atoms with Crippen molar-refractivity contribution in [3.63, 3.8) is 0 Å². The van der Waals surface area contributed by atoms with Crippen LogP contribution in [0.3, 0.4) is 0 Å². The number of esters is 1. The molecule has 1 saturated heterocycles. The molecule has 0 bridgehead atoms. The standard InChI is InChI=1S/C18H25N3O6/c1-26-11-8-19-15-7-6-14(12-16(15)21(24)25)18(23)27-13-17(22)20-9-4-2-3-5-10-20/h6-7,12,19H,2-5,8-11,13H2,1H3. The number of anilines is 1. The van der Waals surface area contributed by atoms with Crippen LogP contribution in [0.1, 0.15) is 36.0 Å². The Morgan fingerprint density at radius 3 is 2.56 bits per heavy atom. The number of benzene rings is 1. The maximum absolute atomic E-state index is 12.2. The molecular weight excluding hydrogens is 354 g/mol. The van der Waals surface area contributed by atoms with E-state index in [1.807, 2.05) is 0 Å². The fourth-order valence-electron chi connectivity index (χ4n) is 2.87. The zero-order chi connectivity index (χ0) is 19.6. The van der Waals surface area contributed by atoms with Crippen LogP contribution in [0, 0.1) is 10.1 Å². The van der Waals surface area contributed by atoms with Crippen LogP contribution < -0.4 is 5.32 Å². The lowest BCUT2D eigenvalue weighted by atomic mass is 10.1. The number of carbonyl (C=O) groups is 2. The highest BCUT2D eigenvalue weighted by Gasteiger charge is 2.21. The predicted octanol–water partition coefficient (Wildman–Crippen LogP) is 2.21. The van der Waals surface area contributed by atoms with Crippen molar-refractivity contribution in [2.75, 3.05) is 45.3 Å². The fraction of sp³-hybridized carbons (Fsp3) is 0.556. The van der Waals surface area contributed by atoms with Gasteiger partial charge in [0.25, 0.3) is 11.6 Å². The summed E-state index contributed by atoms with van der Waals surface area (Å²) in [7, 11) is 1.53. The molecule has 1 aromatic rings. The highest BCUT2D eigenvalue weighted by molar-refractivity contribution is 5.93. The molecule has 1 amide bonds. The molecule has 2 rings (SSSR count). The first-order valence-corrected chi connectivity index (χ1v) is 8.99. The van der Waals surface area contributed by atoms with Crippen LogP contribution >= 0.6 is 0 Å². The first-order chi connectivity index (χ1) is 13.0. The summed E-state index contributed by atoms with van der Waals surface area (Å²) in [5.74, 6) is -0.998. The van der Waals surface area contributed by atoms with Crippen LogP contribution in [0.5, 0.6) is 0 Å². The molecule has 9 heteroatoms. The maximum atomic E-state index is 12.2. The number of carbonyl (C=O) groups excluding carboxylic acids is 2. The van der Waals surface area contributed by atoms with Crippen molar-refractivity contribution in [1.82, 2.24) is 4.90 Å². The number of hydrogen-bond acceptors (Lipinski definition) is 7. The van der Waals surface area contributed by atoms with Crippen molar-refractivity contribution in [2.45, 2.75) is 25.7 Å². The van der Waals surface area contributed by atoms with Crippen molar-refractivity contribution in [3.05, 3.63) is 33.9 Å². The Kier molecular flexibility index (Phi) is 8.00. The van der Waals surface area contributed by atoms with Gasteiger partial charge in [0.05, 0.1) is 17.1 Å². The molecule has 1 N–H and O–H groups in total. The van der Waals surface area contributed by atoms with Crippen LogP contribution in [-0.4, -0.2) is 61.7 Å². The van der Waals surface area contributed by atoms with E-state index >= 15 is 0 Å². The van der Waals surface area contributed by atoms with Gasteiger partial charge >= 0.3 is 5.97 Å². The summed E-state index contributed by atoms with van der Waals surface area (Å²) in [5, 5.41) is 14.1. The van der Waals surface area contributed by atoms with E-state index in [1.54, 1.807) is 4.90 Å². The van der Waals surface area contributed by atoms with Gasteiger partial charge in [0.15, 0.2) is 6.61 Å². The molecule has 1 fully saturated rings. The van der Waals surface area contributed by atoms with Crippen LogP contribution in [0.25, 0.3) is 0 Å². The minimum Gasteiger partial charge on any atom is -0.452 e. The number of methoxy groups -OCH3 is 1. The molecule has 1 aromatic carbocycles. The summed E-state index contributed by atoms with van der Waals surface area (Å²) in [6.45, 7) is 1.76. The van der Waals surface area contributed by atoms with E-state index in [0.29, 0.717) is 26.2 Å². The van der Waals surface area contributed by atoms with Gasteiger partial charge in [-0.25, -0.2) is 4.79 Å². The highest BCUT2D eigenvalue weighted by Crippen LogP contribution is 2.25. The number of nitrogens with zero attached hydrogens (tertiary/aromatic N) is 2. The zero-order valence-electron chi connectivity index (χ0n) is 15.4. The predicted molar refractivity (Wildman–Crippen MR) is 98.8 cm³/mol. The molecule has 148 valence electrons. The Bertz CT molecular complexity index is 671. The third kappa shape index (κ3) is 6.21. The summed E-state index contributed by atoms with van der Waals surface area (Å²) >= 11 is 0. The molecule has 0 spiro atoms. The summed E-state index contributed by atoms with van der Waals surface area (Å²) in [6.07, 6.45) is 4.09. The smallest absolute Gasteiger partial charge is 0.338 e. The molecule has 0 unspecified atom stereocenters. The van der Waals surface area contributed by atoms with Gasteiger partial charge in [0, 0.05) is 32.8 Å². The number of hydrogen-bond donors (Lipinski definition) is 1. The summed E-state index contributed by atoms with van der Waals surface area (Å²) in [5.41, 5.74) is 0.0799. The number of nitro groups is 1. The number of nitrogens with one attached hydrogen (secondary N) is 1. The van der Waals surface area contributed by atoms with Crippen molar-refractivity contribution in [1.29, 1.82) is 0 Å². The summed E-state index contributed by atoms with van der Waals surface area (Å²) < 4.78 is 9.96. The first-order valence-electron chi connectivity index (χ1n) is 8.99. The largest absolute Gasteiger partial charge is 0.452 e. The molecule has 0 radical (unpaired) electrons. The number of nitro benzene ring substituents is 1. The minimum absolute atomic E-state index is 0.0302. The van der Waals surface area contributed by atoms with E-state index in [0.717, 1.165) is 31.7 Å². The second kappa shape index (κ2) is 10.5. The molecule has 27 heavy (non-hydrogen) atoms. The monoisotopic (exact) mass is 379 g/mol. The number of ether oxygens (including phenoxy) is 2. The lowest BCUT2D eigenvalue weighted by Crippen LogP contribution is -2.35. The second-order valence-corrected chi connectivity index (χ2v) is 6.28. The highest BCUT2D eigenvalue weighted by atomic mass is 16.6. The molecule has 1 heterocycles. The van der Waals surface area contributed by atoms with Gasteiger partial charge in [-0.1, -0.05) is 12.8 Å². The summed E-state index contributed by atoms with van der Waals surface area (Å²) in [6, 6.07) is 4.02. The second-order valence-electron chi connectivity index (χ2n) is 6.28.